The molecule has 4 rings (SSSR count). The third kappa shape index (κ3) is 3.49. The minimum atomic E-state index is -0.210. The molecule has 0 saturated carbocycles. The van der Waals surface area contributed by atoms with Crippen LogP contribution in [0, 0.1) is 0 Å². The van der Waals surface area contributed by atoms with Crippen molar-refractivity contribution in [3.05, 3.63) is 54.5 Å². The Morgan fingerprint density at radius 3 is 2.63 bits per heavy atom. The van der Waals surface area contributed by atoms with Gasteiger partial charge in [-0.05, 0) is 57.9 Å². The van der Waals surface area contributed by atoms with E-state index in [-0.39, 0.29) is 5.60 Å². The molecule has 3 aromatic rings. The Morgan fingerprint density at radius 2 is 2.00 bits per heavy atom. The molecule has 0 amide bonds. The van der Waals surface area contributed by atoms with Gasteiger partial charge in [-0.15, -0.1) is 0 Å². The second kappa shape index (κ2) is 7.41. The molecule has 0 N–H and O–H groups in total. The molecule has 1 fully saturated rings. The van der Waals surface area contributed by atoms with Gasteiger partial charge in [-0.25, -0.2) is 4.52 Å². The van der Waals surface area contributed by atoms with Crippen molar-refractivity contribution in [3.63, 3.8) is 0 Å². The van der Waals surface area contributed by atoms with Crippen LogP contribution in [-0.2, 0) is 10.3 Å². The van der Waals surface area contributed by atoms with Gasteiger partial charge in [-0.1, -0.05) is 6.07 Å². The Kier molecular flexibility index (Phi) is 4.98. The van der Waals surface area contributed by atoms with Gasteiger partial charge in [0, 0.05) is 55.5 Å². The van der Waals surface area contributed by atoms with Crippen molar-refractivity contribution in [1.29, 1.82) is 0 Å². The summed E-state index contributed by atoms with van der Waals surface area (Å²) < 4.78 is 8.18. The van der Waals surface area contributed by atoms with E-state index < -0.39 is 0 Å². The Hall–Kier alpha value is -2.24. The highest BCUT2D eigenvalue weighted by Gasteiger charge is 2.37. The molecule has 0 atom stereocenters. The molecule has 5 nitrogen and oxygen atoms in total. The molecule has 5 heteroatoms. The predicted octanol–water partition coefficient (Wildman–Crippen LogP) is 4.13. The Morgan fingerprint density at radius 1 is 1.19 bits per heavy atom. The minimum Gasteiger partial charge on any atom is -0.370 e. The molecule has 1 saturated heterocycles. The predicted molar refractivity (Wildman–Crippen MR) is 108 cm³/mol. The van der Waals surface area contributed by atoms with E-state index in [0.29, 0.717) is 6.04 Å². The maximum absolute atomic E-state index is 6.30. The van der Waals surface area contributed by atoms with E-state index in [9.17, 15) is 0 Å². The van der Waals surface area contributed by atoms with Gasteiger partial charge in [-0.3, -0.25) is 4.98 Å². The van der Waals surface area contributed by atoms with E-state index in [2.05, 4.69) is 55.0 Å². The van der Waals surface area contributed by atoms with E-state index in [1.165, 1.54) is 5.56 Å². The van der Waals surface area contributed by atoms with Crippen molar-refractivity contribution >= 4 is 5.52 Å². The number of hydrogen-bond acceptors (Lipinski definition) is 4. The van der Waals surface area contributed by atoms with E-state index in [0.717, 1.165) is 49.3 Å². The van der Waals surface area contributed by atoms with E-state index in [1.54, 1.807) is 6.20 Å². The van der Waals surface area contributed by atoms with E-state index in [1.807, 2.05) is 23.0 Å². The minimum absolute atomic E-state index is 0.210. The summed E-state index contributed by atoms with van der Waals surface area (Å²) in [4.78, 5) is 7.29. The van der Waals surface area contributed by atoms with Crippen LogP contribution in [0.2, 0.25) is 0 Å². The highest BCUT2D eigenvalue weighted by Crippen LogP contribution is 2.37. The zero-order chi connectivity index (χ0) is 18.9. The first-order valence-corrected chi connectivity index (χ1v) is 9.89. The van der Waals surface area contributed by atoms with Crippen LogP contribution in [0.1, 0.15) is 39.2 Å². The fraction of sp³-hybridized carbons (Fsp3) is 0.455. The maximum Gasteiger partial charge on any atom is 0.0970 e. The molecule has 4 heterocycles. The summed E-state index contributed by atoms with van der Waals surface area (Å²) in [6.45, 7) is 9.46. The molecule has 1 aliphatic rings. The largest absolute Gasteiger partial charge is 0.370 e. The lowest BCUT2D eigenvalue weighted by atomic mass is 9.84. The van der Waals surface area contributed by atoms with Gasteiger partial charge in [0.15, 0.2) is 0 Å². The average molecular weight is 364 g/mol. The summed E-state index contributed by atoms with van der Waals surface area (Å²) in [5.74, 6) is 0. The molecule has 0 unspecified atom stereocenters. The number of fused-ring (bicyclic) bond motifs is 1. The van der Waals surface area contributed by atoms with Crippen LogP contribution in [0.25, 0.3) is 16.8 Å². The van der Waals surface area contributed by atoms with E-state index in [4.69, 9.17) is 9.72 Å². The molecule has 0 spiro atoms. The van der Waals surface area contributed by atoms with Crippen LogP contribution >= 0.6 is 0 Å². The van der Waals surface area contributed by atoms with Crippen molar-refractivity contribution in [1.82, 2.24) is 19.5 Å². The fourth-order valence-electron chi connectivity index (χ4n) is 4.11. The van der Waals surface area contributed by atoms with Crippen molar-refractivity contribution < 1.29 is 4.74 Å². The summed E-state index contributed by atoms with van der Waals surface area (Å²) in [7, 11) is 0. The lowest BCUT2D eigenvalue weighted by molar-refractivity contribution is -0.0888. The van der Waals surface area contributed by atoms with Gasteiger partial charge in [0.25, 0.3) is 0 Å². The van der Waals surface area contributed by atoms with Crippen LogP contribution in [0.4, 0.5) is 0 Å². The number of aromatic nitrogens is 3. The second-order valence-corrected chi connectivity index (χ2v) is 7.61. The normalized spacial score (nSPS) is 17.6. The first-order chi connectivity index (χ1) is 13.1. The topological polar surface area (TPSA) is 42.7 Å². The first-order valence-electron chi connectivity index (χ1n) is 9.89. The van der Waals surface area contributed by atoms with Crippen LogP contribution < -0.4 is 0 Å². The molecular weight excluding hydrogens is 336 g/mol. The number of piperidine rings is 1. The van der Waals surface area contributed by atoms with Gasteiger partial charge in [-0.2, -0.15) is 5.10 Å². The van der Waals surface area contributed by atoms with Gasteiger partial charge >= 0.3 is 0 Å². The molecule has 27 heavy (non-hydrogen) atoms. The number of hydrogen-bond donors (Lipinski definition) is 0. The molecule has 1 aliphatic heterocycles. The van der Waals surface area contributed by atoms with Gasteiger partial charge in [0.2, 0.25) is 0 Å². The highest BCUT2D eigenvalue weighted by molar-refractivity contribution is 5.67. The number of pyridine rings is 1. The quantitative estimate of drug-likeness (QED) is 0.683. The highest BCUT2D eigenvalue weighted by atomic mass is 16.5. The summed E-state index contributed by atoms with van der Waals surface area (Å²) in [6, 6.07) is 11.0. The first kappa shape index (κ1) is 18.1. The van der Waals surface area contributed by atoms with Crippen LogP contribution in [0.3, 0.4) is 0 Å². The smallest absolute Gasteiger partial charge is 0.0970 e. The van der Waals surface area contributed by atoms with E-state index >= 15 is 0 Å². The van der Waals surface area contributed by atoms with Crippen LogP contribution in [-0.4, -0.2) is 45.2 Å². The third-order valence-corrected chi connectivity index (χ3v) is 5.72. The van der Waals surface area contributed by atoms with Crippen molar-refractivity contribution in [3.8, 4) is 11.3 Å². The molecular formula is C22H28N4O. The molecule has 3 aromatic heterocycles. The fourth-order valence-corrected chi connectivity index (χ4v) is 4.11. The molecule has 0 aromatic carbocycles. The number of rotatable bonds is 5. The Labute approximate surface area is 161 Å². The van der Waals surface area contributed by atoms with Crippen LogP contribution in [0.5, 0.6) is 0 Å². The second-order valence-electron chi connectivity index (χ2n) is 7.61. The lowest BCUT2D eigenvalue weighted by Gasteiger charge is -2.43. The summed E-state index contributed by atoms with van der Waals surface area (Å²) in [6.07, 6.45) is 7.85. The van der Waals surface area contributed by atoms with Crippen molar-refractivity contribution in [2.24, 2.45) is 0 Å². The van der Waals surface area contributed by atoms with Gasteiger partial charge in [0.05, 0.1) is 16.8 Å². The summed E-state index contributed by atoms with van der Waals surface area (Å²) >= 11 is 0. The maximum atomic E-state index is 6.30. The molecule has 0 aliphatic carbocycles. The van der Waals surface area contributed by atoms with Crippen molar-refractivity contribution in [2.75, 3.05) is 19.7 Å². The Bertz CT molecular complexity index is 859. The standard InChI is InChI=1S/C22H28N4O/c1-4-27-22(9-12-25(13-10-22)17(2)3)19-7-8-21(23-15-19)18-14-20-6-5-11-24-26(20)16-18/h5-8,11,14-17H,4,9-10,12-13H2,1-3H3. The molecule has 142 valence electrons. The summed E-state index contributed by atoms with van der Waals surface area (Å²) in [5, 5.41) is 4.34. The molecule has 0 radical (unpaired) electrons. The zero-order valence-corrected chi connectivity index (χ0v) is 16.4. The third-order valence-electron chi connectivity index (χ3n) is 5.72. The zero-order valence-electron chi connectivity index (χ0n) is 16.4. The number of nitrogens with zero attached hydrogens (tertiary/aromatic N) is 4. The van der Waals surface area contributed by atoms with Crippen LogP contribution in [0.15, 0.2) is 48.9 Å². The monoisotopic (exact) mass is 364 g/mol. The summed E-state index contributed by atoms with van der Waals surface area (Å²) in [5.41, 5.74) is 4.11. The number of ether oxygens (including phenoxy) is 1. The van der Waals surface area contributed by atoms with Gasteiger partial charge in [0.1, 0.15) is 0 Å². The average Bonchev–Trinajstić information content (AvgIpc) is 3.13. The Balaban J connectivity index is 1.59. The SMILES string of the molecule is CCOC1(c2ccc(-c3cc4cccnn4c3)nc2)CCN(C(C)C)CC1. The molecule has 0 bridgehead atoms. The number of likely N-dealkylation sites (tertiary alicyclic amines) is 1. The van der Waals surface area contributed by atoms with Crippen molar-refractivity contribution in [2.45, 2.75) is 45.3 Å². The lowest BCUT2D eigenvalue weighted by Crippen LogP contribution is -2.46. The van der Waals surface area contributed by atoms with Gasteiger partial charge < -0.3 is 9.64 Å².